The summed E-state index contributed by atoms with van der Waals surface area (Å²) < 4.78 is 24.8. The summed E-state index contributed by atoms with van der Waals surface area (Å²) in [5.41, 5.74) is 3.59. The number of nitrogens with zero attached hydrogens (tertiary/aromatic N) is 3. The zero-order chi connectivity index (χ0) is 22.1. The summed E-state index contributed by atoms with van der Waals surface area (Å²) >= 11 is 5.27. The lowest BCUT2D eigenvalue weighted by Gasteiger charge is -2.13. The van der Waals surface area contributed by atoms with Crippen LogP contribution in [0.2, 0.25) is 5.02 Å². The van der Waals surface area contributed by atoms with Crippen molar-refractivity contribution in [3.63, 3.8) is 0 Å². The van der Waals surface area contributed by atoms with Crippen LogP contribution in [-0.4, -0.2) is 49.3 Å². The molecule has 0 radical (unpaired) electrons. The lowest BCUT2D eigenvalue weighted by molar-refractivity contribution is 0.257. The third-order valence-corrected chi connectivity index (χ3v) is 5.74. The molecule has 0 unspecified atom stereocenters. The van der Waals surface area contributed by atoms with Gasteiger partial charge in [0.1, 0.15) is 0 Å². The maximum atomic E-state index is 8.29. The highest BCUT2D eigenvalue weighted by molar-refractivity contribution is 7.51. The number of likely N-dealkylation sites (tertiary alicyclic amines) is 1. The third-order valence-electron chi connectivity index (χ3n) is 5.49. The molecule has 1 aliphatic rings. The van der Waals surface area contributed by atoms with Gasteiger partial charge in [0.25, 0.3) is 0 Å². The van der Waals surface area contributed by atoms with Crippen molar-refractivity contribution >= 4 is 34.1 Å². The first-order chi connectivity index (χ1) is 15.1. The van der Waals surface area contributed by atoms with Crippen molar-refractivity contribution in [3.8, 4) is 5.88 Å². The number of ether oxygens (including phenoxy) is 1. The predicted molar refractivity (Wildman–Crippen MR) is 124 cm³/mol. The van der Waals surface area contributed by atoms with Crippen LogP contribution in [0.3, 0.4) is 0 Å². The van der Waals surface area contributed by atoms with E-state index in [0.717, 1.165) is 41.2 Å². The van der Waals surface area contributed by atoms with E-state index in [1.807, 2.05) is 28.9 Å². The summed E-state index contributed by atoms with van der Waals surface area (Å²) in [6, 6.07) is 14.5. The first kappa shape index (κ1) is 23.4. The number of hydrogen-bond donors (Lipinski definition) is 0. The van der Waals surface area contributed by atoms with E-state index in [4.69, 9.17) is 29.9 Å². The minimum atomic E-state index is -0.750. The van der Waals surface area contributed by atoms with Gasteiger partial charge in [0, 0.05) is 11.6 Å². The van der Waals surface area contributed by atoms with Gasteiger partial charge in [0.15, 0.2) is 0 Å². The summed E-state index contributed by atoms with van der Waals surface area (Å²) in [7, 11) is 0. The average Bonchev–Trinajstić information content (AvgIpc) is 3.41. The molecule has 1 saturated heterocycles. The van der Waals surface area contributed by atoms with Gasteiger partial charge in [0.05, 0.1) is 24.1 Å². The second-order valence-electron chi connectivity index (χ2n) is 7.61. The summed E-state index contributed by atoms with van der Waals surface area (Å²) in [4.78, 5) is 2.52. The normalized spacial score (nSPS) is 13.7. The number of fused-ring (bicyclic) bond motifs is 1. The van der Waals surface area contributed by atoms with Crippen molar-refractivity contribution in [3.05, 3.63) is 58.6 Å². The van der Waals surface area contributed by atoms with Gasteiger partial charge in [-0.15, -0.1) is 5.10 Å². The molecule has 6 nitrogen and oxygen atoms in total. The highest BCUT2D eigenvalue weighted by Gasteiger charge is 2.14. The topological polar surface area (TPSA) is 64.4 Å². The van der Waals surface area contributed by atoms with Crippen LogP contribution >= 0.6 is 11.6 Å². The van der Waals surface area contributed by atoms with Gasteiger partial charge >= 0.3 is 11.6 Å². The summed E-state index contributed by atoms with van der Waals surface area (Å²) in [6.07, 6.45) is 4.71. The number of aryl methyl sites for hydroxylation is 1. The van der Waals surface area contributed by atoms with E-state index in [1.165, 1.54) is 37.1 Å². The molecule has 1 aliphatic heterocycles. The molecular formula is C23H28ClN3O3S. The van der Waals surface area contributed by atoms with Crippen LogP contribution in [0.1, 0.15) is 37.3 Å². The molecule has 0 saturated carbocycles. The molecule has 166 valence electrons. The van der Waals surface area contributed by atoms with Gasteiger partial charge in [0.2, 0.25) is 5.88 Å². The standard InChI is InChI=1S/C23H28ClN3O.O2S/c1-2-18-8-11-22-21(16-18)23(28-15-5-14-26-12-3-4-13-26)25-27(22)17-19-6-9-20(24)10-7-19;1-3-2/h6-11,16H,2-5,12-15,17H2,1H3;. The summed E-state index contributed by atoms with van der Waals surface area (Å²) in [6.45, 7) is 7.17. The van der Waals surface area contributed by atoms with Crippen LogP contribution in [0, 0.1) is 0 Å². The number of hydrogen-bond acceptors (Lipinski definition) is 5. The molecule has 0 aliphatic carbocycles. The van der Waals surface area contributed by atoms with E-state index >= 15 is 0 Å². The number of aromatic nitrogens is 2. The summed E-state index contributed by atoms with van der Waals surface area (Å²) in [5.74, 6) is 0.751. The largest absolute Gasteiger partial charge is 0.476 e. The van der Waals surface area contributed by atoms with E-state index in [-0.39, 0.29) is 0 Å². The molecule has 0 bridgehead atoms. The van der Waals surface area contributed by atoms with E-state index < -0.39 is 11.6 Å². The second kappa shape index (κ2) is 12.0. The highest BCUT2D eigenvalue weighted by atomic mass is 35.5. The fourth-order valence-corrected chi connectivity index (χ4v) is 4.00. The summed E-state index contributed by atoms with van der Waals surface area (Å²) in [5, 5.41) is 6.66. The molecule has 2 aromatic carbocycles. The Balaban J connectivity index is 0.000000858. The SMILES string of the molecule is CCc1ccc2c(c1)c(OCCCN1CCCC1)nn2Cc1ccc(Cl)cc1.O=S=O. The molecule has 0 spiro atoms. The van der Waals surface area contributed by atoms with Gasteiger partial charge in [-0.1, -0.05) is 36.7 Å². The zero-order valence-electron chi connectivity index (χ0n) is 17.8. The van der Waals surface area contributed by atoms with Crippen LogP contribution in [0.25, 0.3) is 10.9 Å². The predicted octanol–water partition coefficient (Wildman–Crippen LogP) is 4.49. The molecule has 2 heterocycles. The van der Waals surface area contributed by atoms with Crippen molar-refractivity contribution in [2.45, 2.75) is 39.2 Å². The van der Waals surface area contributed by atoms with Crippen LogP contribution in [0.4, 0.5) is 0 Å². The van der Waals surface area contributed by atoms with Crippen molar-refractivity contribution in [1.29, 1.82) is 0 Å². The molecule has 8 heteroatoms. The molecule has 3 aromatic rings. The number of halogens is 1. The Labute approximate surface area is 191 Å². The highest BCUT2D eigenvalue weighted by Crippen LogP contribution is 2.27. The Hall–Kier alpha value is -2.22. The first-order valence-corrected chi connectivity index (χ1v) is 11.7. The van der Waals surface area contributed by atoms with Crippen LogP contribution in [0.5, 0.6) is 5.88 Å². The molecular weight excluding hydrogens is 434 g/mol. The molecule has 4 rings (SSSR count). The lowest BCUT2D eigenvalue weighted by atomic mass is 10.1. The fraction of sp³-hybridized carbons (Fsp3) is 0.435. The van der Waals surface area contributed by atoms with Gasteiger partial charge in [-0.3, -0.25) is 4.68 Å². The van der Waals surface area contributed by atoms with Gasteiger partial charge in [-0.25, -0.2) is 0 Å². The number of rotatable bonds is 8. The van der Waals surface area contributed by atoms with Crippen LogP contribution in [0.15, 0.2) is 42.5 Å². The molecule has 0 amide bonds. The Morgan fingerprint density at radius 1 is 1.06 bits per heavy atom. The van der Waals surface area contributed by atoms with Gasteiger partial charge in [-0.2, -0.15) is 8.42 Å². The van der Waals surface area contributed by atoms with E-state index in [0.29, 0.717) is 13.2 Å². The van der Waals surface area contributed by atoms with E-state index in [2.05, 4.69) is 30.0 Å². The van der Waals surface area contributed by atoms with Crippen molar-refractivity contribution in [2.75, 3.05) is 26.2 Å². The monoisotopic (exact) mass is 461 g/mol. The molecule has 1 fully saturated rings. The van der Waals surface area contributed by atoms with Gasteiger partial charge in [-0.05, 0) is 74.2 Å². The minimum absolute atomic E-state index is 0.705. The maximum absolute atomic E-state index is 8.29. The van der Waals surface area contributed by atoms with E-state index in [9.17, 15) is 0 Å². The van der Waals surface area contributed by atoms with Crippen molar-refractivity contribution < 1.29 is 13.2 Å². The van der Waals surface area contributed by atoms with E-state index in [1.54, 1.807) is 0 Å². The molecule has 0 N–H and O–H groups in total. The zero-order valence-corrected chi connectivity index (χ0v) is 19.3. The second-order valence-corrected chi connectivity index (χ2v) is 8.19. The third kappa shape index (κ3) is 6.63. The number of benzene rings is 2. The minimum Gasteiger partial charge on any atom is -0.476 e. The molecule has 1 aromatic heterocycles. The Bertz CT molecular complexity index is 1010. The fourth-order valence-electron chi connectivity index (χ4n) is 3.87. The van der Waals surface area contributed by atoms with Crippen molar-refractivity contribution in [2.24, 2.45) is 0 Å². The van der Waals surface area contributed by atoms with Crippen molar-refractivity contribution in [1.82, 2.24) is 14.7 Å². The average molecular weight is 462 g/mol. The molecule has 0 atom stereocenters. The van der Waals surface area contributed by atoms with Crippen LogP contribution < -0.4 is 4.74 Å². The maximum Gasteiger partial charge on any atom is 0.335 e. The molecule has 31 heavy (non-hydrogen) atoms. The lowest BCUT2D eigenvalue weighted by Crippen LogP contribution is -2.22. The Morgan fingerprint density at radius 2 is 1.74 bits per heavy atom. The van der Waals surface area contributed by atoms with Crippen LogP contribution in [-0.2, 0) is 24.5 Å². The Morgan fingerprint density at radius 3 is 2.42 bits per heavy atom. The van der Waals surface area contributed by atoms with Gasteiger partial charge < -0.3 is 9.64 Å². The quantitative estimate of drug-likeness (QED) is 0.462. The first-order valence-electron chi connectivity index (χ1n) is 10.7. The Kier molecular flexibility index (Phi) is 9.06. The smallest absolute Gasteiger partial charge is 0.335 e.